The summed E-state index contributed by atoms with van der Waals surface area (Å²) >= 11 is 0. The first-order valence-corrected chi connectivity index (χ1v) is 13.0. The molecule has 0 amide bonds. The van der Waals surface area contributed by atoms with E-state index in [-0.39, 0.29) is 5.56 Å². The minimum atomic E-state index is -0.971. The monoisotopic (exact) mass is 476 g/mol. The third-order valence-corrected chi connectivity index (χ3v) is 8.68. The Morgan fingerprint density at radius 1 is 0.806 bits per heavy atom. The van der Waals surface area contributed by atoms with Crippen molar-refractivity contribution < 1.29 is 14.6 Å². The lowest BCUT2D eigenvalue weighted by Gasteiger charge is -2.65. The Hall–Kier alpha value is -3.51. The Morgan fingerprint density at radius 3 is 2.03 bits per heavy atom. The summed E-state index contributed by atoms with van der Waals surface area (Å²) in [7, 11) is 0. The van der Waals surface area contributed by atoms with E-state index < -0.39 is 5.97 Å². The number of hydrogen-bond donors (Lipinski definition) is 1. The molecule has 4 aliphatic rings. The van der Waals surface area contributed by atoms with Crippen molar-refractivity contribution in [1.82, 2.24) is 0 Å². The highest BCUT2D eigenvalue weighted by atomic mass is 16.5. The Labute approximate surface area is 213 Å². The average Bonchev–Trinajstić information content (AvgIpc) is 2.82. The highest BCUT2D eigenvalue weighted by molar-refractivity contribution is 5.90. The zero-order valence-electron chi connectivity index (χ0n) is 21.0. The number of carboxylic acids is 1. The minimum absolute atomic E-state index is 0.213. The molecule has 4 aliphatic carbocycles. The summed E-state index contributed by atoms with van der Waals surface area (Å²) in [6.07, 6.45) is 8.22. The second-order valence-electron chi connectivity index (χ2n) is 12.2. The van der Waals surface area contributed by atoms with Gasteiger partial charge >= 0.3 is 5.97 Å². The molecule has 2 unspecified atom stereocenters. The van der Waals surface area contributed by atoms with Crippen molar-refractivity contribution in [2.24, 2.45) is 16.7 Å². The maximum absolute atomic E-state index is 11.4. The van der Waals surface area contributed by atoms with E-state index in [2.05, 4.69) is 50.0 Å². The summed E-state index contributed by atoms with van der Waals surface area (Å²) < 4.78 is 6.13. The molecule has 36 heavy (non-hydrogen) atoms. The van der Waals surface area contributed by atoms with Crippen LogP contribution in [0.5, 0.6) is 11.5 Å². The fourth-order valence-corrected chi connectivity index (χ4v) is 8.31. The van der Waals surface area contributed by atoms with Crippen molar-refractivity contribution >= 4 is 5.97 Å². The number of rotatable bonds is 4. The maximum atomic E-state index is 11.4. The second-order valence-corrected chi connectivity index (χ2v) is 12.2. The van der Waals surface area contributed by atoms with E-state index in [1.165, 1.54) is 44.1 Å². The average molecular weight is 477 g/mol. The molecule has 4 bridgehead atoms. The highest BCUT2D eigenvalue weighted by Gasteiger charge is 2.60. The standard InChI is InChI=1S/C33H32O3/c1-31-17-24-18-32(2,20-31)22-33(19-24,21-31)26-11-15-28(16-12-26)36-27-13-8-23(9-14-27)7-10-25-5-3-4-6-29(25)30(34)35/h3-6,8-9,11-16,24H,17-22H2,1-2H3,(H,34,35). The highest BCUT2D eigenvalue weighted by Crippen LogP contribution is 2.69. The number of ether oxygens (including phenoxy) is 1. The van der Waals surface area contributed by atoms with Gasteiger partial charge in [-0.2, -0.15) is 0 Å². The Kier molecular flexibility index (Phi) is 5.27. The van der Waals surface area contributed by atoms with Crippen LogP contribution in [0, 0.1) is 28.6 Å². The summed E-state index contributed by atoms with van der Waals surface area (Å²) in [5, 5.41) is 9.33. The van der Waals surface area contributed by atoms with Crippen LogP contribution in [0.1, 0.15) is 79.4 Å². The summed E-state index contributed by atoms with van der Waals surface area (Å²) in [6, 6.07) is 23.2. The number of hydrogen-bond acceptors (Lipinski definition) is 2. The molecule has 1 N–H and O–H groups in total. The summed E-state index contributed by atoms with van der Waals surface area (Å²) in [4.78, 5) is 11.4. The van der Waals surface area contributed by atoms with Gasteiger partial charge in [0.2, 0.25) is 0 Å². The summed E-state index contributed by atoms with van der Waals surface area (Å²) in [5.41, 5.74) is 4.36. The minimum Gasteiger partial charge on any atom is -0.478 e. The SMILES string of the molecule is CC12CC3CC(C)(C1)CC(c1ccc(Oc4ccc(C#Cc5ccccc5C(=O)O)cc4)cc1)(C3)C2. The van der Waals surface area contributed by atoms with Crippen LogP contribution in [-0.2, 0) is 5.41 Å². The van der Waals surface area contributed by atoms with Gasteiger partial charge in [0, 0.05) is 11.1 Å². The van der Waals surface area contributed by atoms with Gasteiger partial charge in [0.1, 0.15) is 11.5 Å². The molecule has 3 heteroatoms. The molecule has 0 aromatic heterocycles. The topological polar surface area (TPSA) is 46.5 Å². The van der Waals surface area contributed by atoms with Gasteiger partial charge in [-0.3, -0.25) is 0 Å². The molecule has 0 aliphatic heterocycles. The van der Waals surface area contributed by atoms with Crippen LogP contribution in [0.25, 0.3) is 0 Å². The molecule has 0 saturated heterocycles. The lowest BCUT2D eigenvalue weighted by atomic mass is 9.39. The van der Waals surface area contributed by atoms with Crippen LogP contribution in [0.3, 0.4) is 0 Å². The molecular formula is C33H32O3. The van der Waals surface area contributed by atoms with Crippen molar-refractivity contribution in [3.63, 3.8) is 0 Å². The van der Waals surface area contributed by atoms with Gasteiger partial charge in [-0.1, -0.05) is 50.0 Å². The number of carboxylic acid groups (broad SMARTS) is 1. The lowest BCUT2D eigenvalue weighted by molar-refractivity contribution is -0.110. The van der Waals surface area contributed by atoms with Gasteiger partial charge in [0.25, 0.3) is 0 Å². The van der Waals surface area contributed by atoms with Gasteiger partial charge < -0.3 is 9.84 Å². The zero-order valence-corrected chi connectivity index (χ0v) is 21.0. The molecule has 4 saturated carbocycles. The zero-order chi connectivity index (χ0) is 25.0. The third-order valence-electron chi connectivity index (χ3n) is 8.68. The van der Waals surface area contributed by atoms with E-state index in [9.17, 15) is 9.90 Å². The quantitative estimate of drug-likeness (QED) is 0.390. The molecule has 0 spiro atoms. The van der Waals surface area contributed by atoms with E-state index in [1.807, 2.05) is 24.3 Å². The molecule has 2 atom stereocenters. The van der Waals surface area contributed by atoms with Crippen LogP contribution in [0.2, 0.25) is 0 Å². The van der Waals surface area contributed by atoms with Crippen LogP contribution >= 0.6 is 0 Å². The summed E-state index contributed by atoms with van der Waals surface area (Å²) in [5.74, 6) is 7.54. The van der Waals surface area contributed by atoms with Gasteiger partial charge in [0.05, 0.1) is 5.56 Å². The van der Waals surface area contributed by atoms with Gasteiger partial charge in [-0.25, -0.2) is 4.79 Å². The van der Waals surface area contributed by atoms with Crippen LogP contribution in [0.4, 0.5) is 0 Å². The van der Waals surface area contributed by atoms with Crippen LogP contribution in [-0.4, -0.2) is 11.1 Å². The van der Waals surface area contributed by atoms with E-state index >= 15 is 0 Å². The van der Waals surface area contributed by atoms with E-state index in [0.29, 0.717) is 21.8 Å². The van der Waals surface area contributed by atoms with Gasteiger partial charge in [-0.05, 0) is 115 Å². The fraction of sp³-hybridized carbons (Fsp3) is 0.364. The summed E-state index contributed by atoms with van der Waals surface area (Å²) in [6.45, 7) is 5.06. The van der Waals surface area contributed by atoms with Crippen molar-refractivity contribution in [1.29, 1.82) is 0 Å². The first-order chi connectivity index (χ1) is 17.2. The van der Waals surface area contributed by atoms with Gasteiger partial charge in [-0.15, -0.1) is 0 Å². The number of aromatic carboxylic acids is 1. The van der Waals surface area contributed by atoms with Crippen molar-refractivity contribution in [2.75, 3.05) is 0 Å². The molecule has 0 heterocycles. The van der Waals surface area contributed by atoms with E-state index in [0.717, 1.165) is 23.0 Å². The number of benzene rings is 3. The Balaban J connectivity index is 1.16. The molecule has 0 radical (unpaired) electrons. The molecule has 182 valence electrons. The van der Waals surface area contributed by atoms with Gasteiger partial charge in [0.15, 0.2) is 0 Å². The van der Waals surface area contributed by atoms with Crippen molar-refractivity contribution in [2.45, 2.75) is 57.8 Å². The van der Waals surface area contributed by atoms with Crippen LogP contribution < -0.4 is 4.74 Å². The predicted octanol–water partition coefficient (Wildman–Crippen LogP) is 7.82. The molecule has 3 aromatic rings. The van der Waals surface area contributed by atoms with Crippen molar-refractivity contribution in [3.8, 4) is 23.3 Å². The Morgan fingerprint density at radius 2 is 1.42 bits per heavy atom. The predicted molar refractivity (Wildman–Crippen MR) is 141 cm³/mol. The molecular weight excluding hydrogens is 444 g/mol. The maximum Gasteiger partial charge on any atom is 0.336 e. The molecule has 3 aromatic carbocycles. The first kappa shape index (κ1) is 22.9. The lowest BCUT2D eigenvalue weighted by Crippen LogP contribution is -2.56. The second kappa shape index (κ2) is 8.27. The molecule has 4 fully saturated rings. The third kappa shape index (κ3) is 4.20. The molecule has 7 rings (SSSR count). The smallest absolute Gasteiger partial charge is 0.336 e. The Bertz CT molecular complexity index is 1350. The van der Waals surface area contributed by atoms with E-state index in [1.54, 1.807) is 24.3 Å². The van der Waals surface area contributed by atoms with E-state index in [4.69, 9.17) is 4.74 Å². The largest absolute Gasteiger partial charge is 0.478 e. The fourth-order valence-electron chi connectivity index (χ4n) is 8.31. The van der Waals surface area contributed by atoms with Crippen molar-refractivity contribution in [3.05, 3.63) is 95.1 Å². The molecule has 3 nitrogen and oxygen atoms in total. The first-order valence-electron chi connectivity index (χ1n) is 13.0. The van der Waals surface area contributed by atoms with Crippen LogP contribution in [0.15, 0.2) is 72.8 Å². The normalized spacial score (nSPS) is 29.9. The number of carbonyl (C=O) groups is 1.